The first-order valence-electron chi connectivity index (χ1n) is 8.23. The number of amides is 1. The van der Waals surface area contributed by atoms with Gasteiger partial charge < -0.3 is 19.7 Å². The Bertz CT molecular complexity index is 923. The molecule has 134 valence electrons. The molecule has 1 aliphatic rings. The standard InChI is InChI=1S/C18H18N4O3S/c1-24-14-4-2-3-5-15(14)25-10-16(23)21-12-8-22(9-12)18-17-13(6-7-26-17)19-11-20-18/h2-7,11-12H,8-10H2,1H3,(H,21,23). The lowest BCUT2D eigenvalue weighted by atomic mass is 10.1. The lowest BCUT2D eigenvalue weighted by Gasteiger charge is -2.40. The lowest BCUT2D eigenvalue weighted by molar-refractivity contribution is -0.124. The molecule has 0 bridgehead atoms. The zero-order valence-corrected chi connectivity index (χ0v) is 15.0. The first-order chi connectivity index (χ1) is 12.7. The molecule has 3 heterocycles. The molecule has 0 aliphatic carbocycles. The number of methoxy groups -OCH3 is 1. The number of aromatic nitrogens is 2. The molecule has 0 saturated carbocycles. The van der Waals surface area contributed by atoms with Gasteiger partial charge in [0.05, 0.1) is 23.4 Å². The average molecular weight is 370 g/mol. The van der Waals surface area contributed by atoms with Gasteiger partial charge in [-0.15, -0.1) is 11.3 Å². The summed E-state index contributed by atoms with van der Waals surface area (Å²) >= 11 is 1.63. The first-order valence-corrected chi connectivity index (χ1v) is 9.11. The summed E-state index contributed by atoms with van der Waals surface area (Å²) in [6.07, 6.45) is 1.58. The third-order valence-corrected chi connectivity index (χ3v) is 5.10. The molecule has 4 rings (SSSR count). The van der Waals surface area contributed by atoms with Crippen molar-refractivity contribution in [1.29, 1.82) is 0 Å². The van der Waals surface area contributed by atoms with E-state index < -0.39 is 0 Å². The van der Waals surface area contributed by atoms with Crippen LogP contribution in [0, 0.1) is 0 Å². The number of benzene rings is 1. The molecule has 1 aliphatic heterocycles. The molecule has 26 heavy (non-hydrogen) atoms. The molecule has 1 N–H and O–H groups in total. The number of thiophene rings is 1. The second-order valence-corrected chi connectivity index (χ2v) is 6.86. The Balaban J connectivity index is 1.29. The second kappa shape index (κ2) is 7.17. The topological polar surface area (TPSA) is 76.6 Å². The Morgan fingerprint density at radius 3 is 2.88 bits per heavy atom. The first kappa shape index (κ1) is 16.6. The van der Waals surface area contributed by atoms with E-state index in [9.17, 15) is 4.79 Å². The van der Waals surface area contributed by atoms with Gasteiger partial charge >= 0.3 is 0 Å². The highest BCUT2D eigenvalue weighted by atomic mass is 32.1. The van der Waals surface area contributed by atoms with Gasteiger partial charge in [0.2, 0.25) is 0 Å². The molecule has 0 unspecified atom stereocenters. The largest absolute Gasteiger partial charge is 0.493 e. The summed E-state index contributed by atoms with van der Waals surface area (Å²) in [6.45, 7) is 1.41. The maximum Gasteiger partial charge on any atom is 0.258 e. The number of rotatable bonds is 6. The van der Waals surface area contributed by atoms with E-state index in [2.05, 4.69) is 20.2 Å². The third kappa shape index (κ3) is 3.28. The molecule has 1 fully saturated rings. The van der Waals surface area contributed by atoms with Crippen LogP contribution >= 0.6 is 11.3 Å². The molecule has 0 spiro atoms. The van der Waals surface area contributed by atoms with Crippen LogP contribution in [0.5, 0.6) is 11.5 Å². The van der Waals surface area contributed by atoms with Crippen molar-refractivity contribution in [3.05, 3.63) is 42.0 Å². The average Bonchev–Trinajstić information content (AvgIpc) is 3.12. The van der Waals surface area contributed by atoms with Gasteiger partial charge in [-0.05, 0) is 23.6 Å². The predicted octanol–water partition coefficient (Wildman–Crippen LogP) is 2.08. The number of anilines is 1. The molecule has 1 amide bonds. The van der Waals surface area contributed by atoms with Crippen LogP contribution in [0.1, 0.15) is 0 Å². The maximum absolute atomic E-state index is 12.1. The zero-order chi connectivity index (χ0) is 17.9. The van der Waals surface area contributed by atoms with Crippen LogP contribution in [0.15, 0.2) is 42.0 Å². The van der Waals surface area contributed by atoms with Crippen molar-refractivity contribution < 1.29 is 14.3 Å². The minimum absolute atomic E-state index is 0.0421. The van der Waals surface area contributed by atoms with E-state index >= 15 is 0 Å². The Morgan fingerprint density at radius 1 is 1.27 bits per heavy atom. The van der Waals surface area contributed by atoms with Gasteiger partial charge in [-0.1, -0.05) is 12.1 Å². The van der Waals surface area contributed by atoms with Gasteiger partial charge in [0, 0.05) is 13.1 Å². The van der Waals surface area contributed by atoms with Crippen molar-refractivity contribution in [1.82, 2.24) is 15.3 Å². The molecular formula is C18H18N4O3S. The summed E-state index contributed by atoms with van der Waals surface area (Å²) in [5.41, 5.74) is 0.956. The predicted molar refractivity (Wildman–Crippen MR) is 100 cm³/mol. The van der Waals surface area contributed by atoms with Crippen LogP contribution in [-0.4, -0.2) is 48.7 Å². The van der Waals surface area contributed by atoms with Crippen molar-refractivity contribution in [2.75, 3.05) is 31.7 Å². The number of carbonyl (C=O) groups excluding carboxylic acids is 1. The molecule has 0 radical (unpaired) electrons. The Morgan fingerprint density at radius 2 is 2.08 bits per heavy atom. The summed E-state index contributed by atoms with van der Waals surface area (Å²) in [7, 11) is 1.57. The maximum atomic E-state index is 12.1. The Hall–Kier alpha value is -2.87. The highest BCUT2D eigenvalue weighted by Gasteiger charge is 2.30. The molecule has 0 atom stereocenters. The third-order valence-electron chi connectivity index (χ3n) is 4.20. The Kier molecular flexibility index (Phi) is 4.57. The van der Waals surface area contributed by atoms with Gasteiger partial charge in [-0.3, -0.25) is 4.79 Å². The summed E-state index contributed by atoms with van der Waals surface area (Å²) in [5.74, 6) is 1.95. The number of nitrogens with one attached hydrogen (secondary N) is 1. The van der Waals surface area contributed by atoms with Crippen molar-refractivity contribution in [2.24, 2.45) is 0 Å². The fraction of sp³-hybridized carbons (Fsp3) is 0.278. The van der Waals surface area contributed by atoms with Crippen molar-refractivity contribution in [2.45, 2.75) is 6.04 Å². The highest BCUT2D eigenvalue weighted by molar-refractivity contribution is 7.17. The minimum Gasteiger partial charge on any atom is -0.493 e. The van der Waals surface area contributed by atoms with Crippen molar-refractivity contribution in [3.8, 4) is 11.5 Å². The molecule has 3 aromatic rings. The monoisotopic (exact) mass is 370 g/mol. The summed E-state index contributed by atoms with van der Waals surface area (Å²) < 4.78 is 11.8. The number of fused-ring (bicyclic) bond motifs is 1. The van der Waals surface area contributed by atoms with Gasteiger partial charge in [-0.25, -0.2) is 9.97 Å². The molecular weight excluding hydrogens is 352 g/mol. The number of nitrogens with zero attached hydrogens (tertiary/aromatic N) is 3. The van der Waals surface area contributed by atoms with E-state index in [0.29, 0.717) is 11.5 Å². The van der Waals surface area contributed by atoms with Crippen molar-refractivity contribution in [3.63, 3.8) is 0 Å². The highest BCUT2D eigenvalue weighted by Crippen LogP contribution is 2.30. The second-order valence-electron chi connectivity index (χ2n) is 5.94. The molecule has 2 aromatic heterocycles. The van der Waals surface area contributed by atoms with Crippen LogP contribution in [0.2, 0.25) is 0 Å². The molecule has 8 heteroatoms. The molecule has 7 nitrogen and oxygen atoms in total. The number of para-hydroxylation sites is 2. The fourth-order valence-corrected chi connectivity index (χ4v) is 3.76. The molecule has 1 aromatic carbocycles. The number of ether oxygens (including phenoxy) is 2. The summed E-state index contributed by atoms with van der Waals surface area (Å²) in [5, 5.41) is 4.99. The van der Waals surface area contributed by atoms with E-state index in [1.165, 1.54) is 0 Å². The lowest BCUT2D eigenvalue weighted by Crippen LogP contribution is -2.60. The molecule has 1 saturated heterocycles. The van der Waals surface area contributed by atoms with E-state index in [1.807, 2.05) is 23.6 Å². The van der Waals surface area contributed by atoms with Gasteiger partial charge in [-0.2, -0.15) is 0 Å². The van der Waals surface area contributed by atoms with Crippen LogP contribution in [0.4, 0.5) is 5.82 Å². The van der Waals surface area contributed by atoms with E-state index in [4.69, 9.17) is 9.47 Å². The van der Waals surface area contributed by atoms with E-state index in [1.54, 1.807) is 36.9 Å². The fourth-order valence-electron chi connectivity index (χ4n) is 2.89. The van der Waals surface area contributed by atoms with Crippen molar-refractivity contribution >= 4 is 33.3 Å². The van der Waals surface area contributed by atoms with Gasteiger partial charge in [0.1, 0.15) is 12.1 Å². The van der Waals surface area contributed by atoms with E-state index in [0.717, 1.165) is 29.1 Å². The quantitative estimate of drug-likeness (QED) is 0.716. The summed E-state index contributed by atoms with van der Waals surface area (Å²) in [6, 6.07) is 9.34. The zero-order valence-electron chi connectivity index (χ0n) is 14.2. The van der Waals surface area contributed by atoms with Gasteiger partial charge in [0.25, 0.3) is 5.91 Å². The Labute approximate surface area is 154 Å². The number of carbonyl (C=O) groups is 1. The summed E-state index contributed by atoms with van der Waals surface area (Å²) in [4.78, 5) is 22.9. The van der Waals surface area contributed by atoms with Crippen LogP contribution in [0.3, 0.4) is 0 Å². The van der Waals surface area contributed by atoms with Crippen LogP contribution in [-0.2, 0) is 4.79 Å². The van der Waals surface area contributed by atoms with Crippen LogP contribution < -0.4 is 19.7 Å². The number of hydrogen-bond donors (Lipinski definition) is 1. The van der Waals surface area contributed by atoms with Gasteiger partial charge in [0.15, 0.2) is 18.1 Å². The smallest absolute Gasteiger partial charge is 0.258 e. The SMILES string of the molecule is COc1ccccc1OCC(=O)NC1CN(c2ncnc3ccsc23)C1. The minimum atomic E-state index is -0.149. The number of hydrogen-bond acceptors (Lipinski definition) is 7. The van der Waals surface area contributed by atoms with E-state index in [-0.39, 0.29) is 18.6 Å². The normalized spacial score (nSPS) is 14.1. The van der Waals surface area contributed by atoms with Crippen LogP contribution in [0.25, 0.3) is 10.2 Å².